The predicted molar refractivity (Wildman–Crippen MR) is 87.6 cm³/mol. The van der Waals surface area contributed by atoms with Gasteiger partial charge in [0.2, 0.25) is 11.7 Å². The maximum atomic E-state index is 13.4. The van der Waals surface area contributed by atoms with Gasteiger partial charge < -0.3 is 20.1 Å². The van der Waals surface area contributed by atoms with Crippen molar-refractivity contribution in [2.75, 3.05) is 6.54 Å². The molecule has 0 aliphatic rings. The molecule has 11 heteroatoms. The highest BCUT2D eigenvalue weighted by Crippen LogP contribution is 2.14. The summed E-state index contributed by atoms with van der Waals surface area (Å²) in [5.74, 6) is -3.98. The van der Waals surface area contributed by atoms with E-state index in [0.717, 1.165) is 23.2 Å². The standard InChI is InChI=1S/C16H16F2N4O5/c1-10-19-14(22(26)27)8-21(10)9-15(23)20(5-4-16(24)25)7-11-2-3-12(17)13(18)6-11/h2-3,6,8H,4-5,7,9H2,1H3,(H,24,25). The topological polar surface area (TPSA) is 119 Å². The van der Waals surface area contributed by atoms with Gasteiger partial charge >= 0.3 is 11.8 Å². The number of carboxylic acid groups (broad SMARTS) is 1. The zero-order valence-corrected chi connectivity index (χ0v) is 14.3. The number of hydrogen-bond acceptors (Lipinski definition) is 5. The smallest absolute Gasteiger partial charge is 0.381 e. The summed E-state index contributed by atoms with van der Waals surface area (Å²) >= 11 is 0. The second kappa shape index (κ2) is 8.34. The lowest BCUT2D eigenvalue weighted by atomic mass is 10.2. The van der Waals surface area contributed by atoms with Crippen molar-refractivity contribution in [3.63, 3.8) is 0 Å². The molecule has 1 aromatic heterocycles. The average molecular weight is 382 g/mol. The highest BCUT2D eigenvalue weighted by atomic mass is 19.2. The van der Waals surface area contributed by atoms with Crippen molar-refractivity contribution in [3.05, 3.63) is 57.5 Å². The third kappa shape index (κ3) is 5.30. The molecule has 0 spiro atoms. The molecule has 0 unspecified atom stereocenters. The minimum Gasteiger partial charge on any atom is -0.481 e. The van der Waals surface area contributed by atoms with E-state index in [1.54, 1.807) is 0 Å². The molecule has 1 N–H and O–H groups in total. The first-order valence-corrected chi connectivity index (χ1v) is 7.79. The summed E-state index contributed by atoms with van der Waals surface area (Å²) in [6.07, 6.45) is 0.749. The molecule has 2 aromatic rings. The SMILES string of the molecule is Cc1nc([N+](=O)[O-])cn1CC(=O)N(CCC(=O)O)Cc1ccc(F)c(F)c1. The first-order chi connectivity index (χ1) is 12.7. The third-order valence-electron chi connectivity index (χ3n) is 3.76. The number of carboxylic acids is 1. The van der Waals surface area contributed by atoms with E-state index in [0.29, 0.717) is 0 Å². The number of halogens is 2. The number of aryl methyl sites for hydroxylation is 1. The lowest BCUT2D eigenvalue weighted by Gasteiger charge is -2.22. The number of nitrogens with zero attached hydrogens (tertiary/aromatic N) is 4. The lowest BCUT2D eigenvalue weighted by Crippen LogP contribution is -2.35. The summed E-state index contributed by atoms with van der Waals surface area (Å²) in [5.41, 5.74) is 0.279. The van der Waals surface area contributed by atoms with E-state index in [-0.39, 0.29) is 37.4 Å². The molecule has 27 heavy (non-hydrogen) atoms. The Balaban J connectivity index is 2.18. The van der Waals surface area contributed by atoms with Crippen LogP contribution >= 0.6 is 0 Å². The minimum absolute atomic E-state index is 0.140. The van der Waals surface area contributed by atoms with Gasteiger partial charge in [-0.1, -0.05) is 6.07 Å². The first-order valence-electron chi connectivity index (χ1n) is 7.79. The monoisotopic (exact) mass is 382 g/mol. The van der Waals surface area contributed by atoms with E-state index in [1.165, 1.54) is 17.6 Å². The molecule has 1 amide bonds. The van der Waals surface area contributed by atoms with E-state index in [4.69, 9.17) is 5.11 Å². The van der Waals surface area contributed by atoms with E-state index in [9.17, 15) is 28.5 Å². The molecule has 1 heterocycles. The number of rotatable bonds is 8. The lowest BCUT2D eigenvalue weighted by molar-refractivity contribution is -0.389. The van der Waals surface area contributed by atoms with Gasteiger partial charge in [0.1, 0.15) is 12.7 Å². The zero-order valence-electron chi connectivity index (χ0n) is 14.3. The Labute approximate surface area is 152 Å². The van der Waals surface area contributed by atoms with E-state index in [1.807, 2.05) is 0 Å². The summed E-state index contributed by atoms with van der Waals surface area (Å²) in [7, 11) is 0. The molecule has 0 saturated carbocycles. The fourth-order valence-corrected chi connectivity index (χ4v) is 2.37. The number of nitro groups is 1. The van der Waals surface area contributed by atoms with Crippen molar-refractivity contribution in [1.29, 1.82) is 0 Å². The number of aromatic nitrogens is 2. The molecule has 0 aliphatic heterocycles. The van der Waals surface area contributed by atoms with Gasteiger partial charge in [0.05, 0.1) is 6.42 Å². The van der Waals surface area contributed by atoms with Crippen LogP contribution in [-0.4, -0.2) is 42.9 Å². The van der Waals surface area contributed by atoms with Crippen LogP contribution in [0.25, 0.3) is 0 Å². The Morgan fingerprint density at radius 1 is 1.33 bits per heavy atom. The quantitative estimate of drug-likeness (QED) is 0.550. The molecule has 0 bridgehead atoms. The van der Waals surface area contributed by atoms with Crippen molar-refractivity contribution in [1.82, 2.24) is 14.5 Å². The summed E-state index contributed by atoms with van der Waals surface area (Å²) < 4.78 is 27.7. The second-order valence-electron chi connectivity index (χ2n) is 5.74. The average Bonchev–Trinajstić information content (AvgIpc) is 2.95. The molecule has 1 aromatic carbocycles. The molecule has 0 fully saturated rings. The summed E-state index contributed by atoms with van der Waals surface area (Å²) in [5, 5.41) is 19.6. The summed E-state index contributed by atoms with van der Waals surface area (Å²) in [4.78, 5) is 38.3. The molecule has 0 saturated heterocycles. The molecule has 2 rings (SSSR count). The van der Waals surface area contributed by atoms with Crippen LogP contribution in [0, 0.1) is 28.7 Å². The summed E-state index contributed by atoms with van der Waals surface area (Å²) in [6.45, 7) is 0.870. The Bertz CT molecular complexity index is 884. The molecule has 144 valence electrons. The number of carbonyl (C=O) groups is 2. The van der Waals surface area contributed by atoms with Crippen LogP contribution in [0.2, 0.25) is 0 Å². The van der Waals surface area contributed by atoms with E-state index >= 15 is 0 Å². The highest BCUT2D eigenvalue weighted by molar-refractivity contribution is 5.77. The van der Waals surface area contributed by atoms with Crippen molar-refractivity contribution in [3.8, 4) is 0 Å². The van der Waals surface area contributed by atoms with E-state index < -0.39 is 34.3 Å². The van der Waals surface area contributed by atoms with Gasteiger partial charge in [0.15, 0.2) is 11.6 Å². The van der Waals surface area contributed by atoms with Crippen molar-refractivity contribution < 1.29 is 28.4 Å². The van der Waals surface area contributed by atoms with Gasteiger partial charge in [0, 0.05) is 20.0 Å². The van der Waals surface area contributed by atoms with Crippen LogP contribution in [0.1, 0.15) is 17.8 Å². The second-order valence-corrected chi connectivity index (χ2v) is 5.74. The number of aliphatic carboxylic acids is 1. The van der Waals surface area contributed by atoms with E-state index in [2.05, 4.69) is 4.98 Å². The maximum absolute atomic E-state index is 13.4. The normalized spacial score (nSPS) is 10.6. The summed E-state index contributed by atoms with van der Waals surface area (Å²) in [6, 6.07) is 3.12. The van der Waals surface area contributed by atoms with Gasteiger partial charge in [-0.25, -0.2) is 8.78 Å². The number of imidazole rings is 1. The fourth-order valence-electron chi connectivity index (χ4n) is 2.37. The van der Waals surface area contributed by atoms with Crippen LogP contribution in [0.15, 0.2) is 24.4 Å². The predicted octanol–water partition coefficient (Wildman–Crippen LogP) is 1.88. The van der Waals surface area contributed by atoms with Gasteiger partial charge in [-0.05, 0) is 27.6 Å². The van der Waals surface area contributed by atoms with Crippen LogP contribution in [-0.2, 0) is 22.7 Å². The van der Waals surface area contributed by atoms with Gasteiger partial charge in [-0.2, -0.15) is 0 Å². The van der Waals surface area contributed by atoms with Crippen LogP contribution in [0.3, 0.4) is 0 Å². The van der Waals surface area contributed by atoms with Gasteiger partial charge in [-0.15, -0.1) is 0 Å². The molecule has 9 nitrogen and oxygen atoms in total. The van der Waals surface area contributed by atoms with Crippen molar-refractivity contribution in [2.24, 2.45) is 0 Å². The van der Waals surface area contributed by atoms with Crippen LogP contribution in [0.4, 0.5) is 14.6 Å². The molecule has 0 radical (unpaired) electrons. The molecular weight excluding hydrogens is 366 g/mol. The highest BCUT2D eigenvalue weighted by Gasteiger charge is 2.21. The zero-order chi connectivity index (χ0) is 20.1. The Morgan fingerprint density at radius 3 is 2.59 bits per heavy atom. The van der Waals surface area contributed by atoms with Gasteiger partial charge in [0.25, 0.3) is 0 Å². The van der Waals surface area contributed by atoms with Crippen molar-refractivity contribution >= 4 is 17.7 Å². The number of amides is 1. The Hall–Kier alpha value is -3.37. The molecular formula is C16H16F2N4O5. The largest absolute Gasteiger partial charge is 0.481 e. The van der Waals surface area contributed by atoms with Crippen LogP contribution < -0.4 is 0 Å². The maximum Gasteiger partial charge on any atom is 0.381 e. The third-order valence-corrected chi connectivity index (χ3v) is 3.76. The molecule has 0 aliphatic carbocycles. The van der Waals surface area contributed by atoms with Crippen LogP contribution in [0.5, 0.6) is 0 Å². The number of hydrogen-bond donors (Lipinski definition) is 1. The van der Waals surface area contributed by atoms with Gasteiger partial charge in [-0.3, -0.25) is 14.2 Å². The first kappa shape index (κ1) is 19.9. The fraction of sp³-hybridized carbons (Fsp3) is 0.312. The Morgan fingerprint density at radius 2 is 2.04 bits per heavy atom. The molecule has 0 atom stereocenters. The number of benzene rings is 1. The Kier molecular flexibility index (Phi) is 6.16. The minimum atomic E-state index is -1.13. The van der Waals surface area contributed by atoms with Crippen molar-refractivity contribution in [2.45, 2.75) is 26.4 Å². The number of carbonyl (C=O) groups excluding carboxylic acids is 1.